The fraction of sp³-hybridized carbons (Fsp3) is 0.450. The first-order chi connectivity index (χ1) is 13.5. The molecule has 2 aromatic rings. The van der Waals surface area contributed by atoms with Crippen LogP contribution in [0, 0.1) is 6.92 Å². The molecule has 0 radical (unpaired) electrons. The molecule has 10 heteroatoms. The van der Waals surface area contributed by atoms with Gasteiger partial charge < -0.3 is 5.73 Å². The van der Waals surface area contributed by atoms with Gasteiger partial charge in [0.15, 0.2) is 0 Å². The second kappa shape index (κ2) is 10.7. The van der Waals surface area contributed by atoms with Gasteiger partial charge in [0.25, 0.3) is 0 Å². The molecule has 0 aliphatic rings. The van der Waals surface area contributed by atoms with Crippen molar-refractivity contribution in [2.45, 2.75) is 44.6 Å². The van der Waals surface area contributed by atoms with E-state index in [9.17, 15) is 12.8 Å². The van der Waals surface area contributed by atoms with Crippen molar-refractivity contribution in [3.63, 3.8) is 0 Å². The molecule has 168 valence electrons. The molecule has 0 aliphatic heterocycles. The molecule has 2 rings (SSSR count). The monoisotopic (exact) mass is 478 g/mol. The van der Waals surface area contributed by atoms with Gasteiger partial charge in [-0.05, 0) is 36.6 Å². The fourth-order valence-corrected chi connectivity index (χ4v) is 4.66. The molecule has 6 nitrogen and oxygen atoms in total. The zero-order chi connectivity index (χ0) is 21.9. The Morgan fingerprint density at radius 1 is 1.37 bits per heavy atom. The Labute approximate surface area is 189 Å². The third-order valence-electron chi connectivity index (χ3n) is 4.62. The van der Waals surface area contributed by atoms with Gasteiger partial charge in [-0.1, -0.05) is 31.5 Å². The second-order valence-electron chi connectivity index (χ2n) is 7.38. The van der Waals surface area contributed by atoms with Crippen molar-refractivity contribution in [2.75, 3.05) is 20.6 Å². The van der Waals surface area contributed by atoms with Crippen molar-refractivity contribution in [1.82, 2.24) is 14.1 Å². The lowest BCUT2D eigenvalue weighted by Gasteiger charge is -2.15. The lowest BCUT2D eigenvalue weighted by atomic mass is 9.97. The largest absolute Gasteiger partial charge is 0.327 e. The number of allylic oxidation sites excluding steroid dienone is 1. The minimum atomic E-state index is -3.62. The van der Waals surface area contributed by atoms with Crippen molar-refractivity contribution in [3.05, 3.63) is 57.6 Å². The van der Waals surface area contributed by atoms with Crippen LogP contribution >= 0.6 is 24.0 Å². The number of sulfonamides is 1. The first-order valence-electron chi connectivity index (χ1n) is 9.30. The molecule has 0 saturated carbocycles. The molecule has 0 bridgehead atoms. The Hall–Kier alpha value is -1.45. The van der Waals surface area contributed by atoms with E-state index in [1.165, 1.54) is 26.2 Å². The van der Waals surface area contributed by atoms with Crippen LogP contribution in [0.2, 0.25) is 5.02 Å². The first-order valence-corrected chi connectivity index (χ1v) is 11.1. The number of hydrogen-bond donors (Lipinski definition) is 1. The Balaban J connectivity index is 0.00000450. The number of aromatic nitrogens is 2. The maximum Gasteiger partial charge on any atom is 0.244 e. The normalized spacial score (nSPS) is 12.5. The standard InChI is InChI=1S/C20H28ClFN4O2S.ClH/c1-13(2)20-17(14(3)24-26(20)12-16(22)8-9-23)10-15-6-7-19(18(21)11-15)29(27,28)25(4)5;/h6-8,11,13H,9-10,12,23H2,1-5H3;1H/b16-8-;. The van der Waals surface area contributed by atoms with Crippen LogP contribution in [0.25, 0.3) is 0 Å². The predicted octanol–water partition coefficient (Wildman–Crippen LogP) is 4.04. The van der Waals surface area contributed by atoms with Gasteiger partial charge in [0.05, 0.1) is 17.3 Å². The lowest BCUT2D eigenvalue weighted by Crippen LogP contribution is -2.22. The van der Waals surface area contributed by atoms with Gasteiger partial charge in [-0.2, -0.15) is 5.10 Å². The van der Waals surface area contributed by atoms with Crippen molar-refractivity contribution in [1.29, 1.82) is 0 Å². The Morgan fingerprint density at radius 3 is 2.50 bits per heavy atom. The summed E-state index contributed by atoms with van der Waals surface area (Å²) in [5.41, 5.74) is 8.97. The average Bonchev–Trinajstić information content (AvgIpc) is 2.89. The molecule has 0 saturated heterocycles. The van der Waals surface area contributed by atoms with Crippen LogP contribution in [0.4, 0.5) is 4.39 Å². The van der Waals surface area contributed by atoms with E-state index in [0.29, 0.717) is 6.42 Å². The van der Waals surface area contributed by atoms with Gasteiger partial charge >= 0.3 is 0 Å². The summed E-state index contributed by atoms with van der Waals surface area (Å²) in [6.07, 6.45) is 1.86. The van der Waals surface area contributed by atoms with Crippen LogP contribution < -0.4 is 5.73 Å². The summed E-state index contributed by atoms with van der Waals surface area (Å²) in [5, 5.41) is 4.68. The molecule has 0 fully saturated rings. The molecule has 1 aromatic heterocycles. The number of rotatable bonds is 8. The molecule has 1 aromatic carbocycles. The number of halogens is 3. The minimum absolute atomic E-state index is 0. The summed E-state index contributed by atoms with van der Waals surface area (Å²) in [6, 6.07) is 4.93. The third-order valence-corrected chi connectivity index (χ3v) is 6.92. The highest BCUT2D eigenvalue weighted by molar-refractivity contribution is 7.89. The van der Waals surface area contributed by atoms with Crippen molar-refractivity contribution < 1.29 is 12.8 Å². The summed E-state index contributed by atoms with van der Waals surface area (Å²) in [7, 11) is -0.689. The molecule has 0 amide bonds. The van der Waals surface area contributed by atoms with Gasteiger partial charge in [-0.15, -0.1) is 12.4 Å². The second-order valence-corrected chi connectivity index (χ2v) is 9.90. The van der Waals surface area contributed by atoms with Gasteiger partial charge in [0.1, 0.15) is 10.7 Å². The number of nitrogens with zero attached hydrogens (tertiary/aromatic N) is 3. The van der Waals surface area contributed by atoms with Gasteiger partial charge in [-0.25, -0.2) is 17.1 Å². The number of nitrogens with two attached hydrogens (primary N) is 1. The molecule has 2 N–H and O–H groups in total. The Morgan fingerprint density at radius 2 is 2.00 bits per heavy atom. The van der Waals surface area contributed by atoms with E-state index in [2.05, 4.69) is 5.10 Å². The van der Waals surface area contributed by atoms with Gasteiger partial charge in [0.2, 0.25) is 10.0 Å². The van der Waals surface area contributed by atoms with Crippen LogP contribution in [0.1, 0.15) is 42.3 Å². The summed E-state index contributed by atoms with van der Waals surface area (Å²) >= 11 is 6.28. The van der Waals surface area contributed by atoms with E-state index >= 15 is 0 Å². The van der Waals surface area contributed by atoms with Crippen LogP contribution in [-0.2, 0) is 23.0 Å². The molecule has 1 heterocycles. The first kappa shape index (κ1) is 26.6. The third kappa shape index (κ3) is 5.82. The highest BCUT2D eigenvalue weighted by atomic mass is 35.5. The maximum absolute atomic E-state index is 14.0. The van der Waals surface area contributed by atoms with E-state index < -0.39 is 10.0 Å². The average molecular weight is 479 g/mol. The Kier molecular flexibility index (Phi) is 9.51. The number of hydrogen-bond acceptors (Lipinski definition) is 4. The van der Waals surface area contributed by atoms with E-state index in [4.69, 9.17) is 17.3 Å². The van der Waals surface area contributed by atoms with E-state index in [1.807, 2.05) is 20.8 Å². The summed E-state index contributed by atoms with van der Waals surface area (Å²) in [6.45, 7) is 6.11. The topological polar surface area (TPSA) is 81.2 Å². The van der Waals surface area contributed by atoms with E-state index in [1.54, 1.807) is 16.8 Å². The van der Waals surface area contributed by atoms with Crippen molar-refractivity contribution in [3.8, 4) is 0 Å². The van der Waals surface area contributed by atoms with Gasteiger partial charge in [0, 0.05) is 38.3 Å². The van der Waals surface area contributed by atoms with Crippen LogP contribution in [0.15, 0.2) is 35.0 Å². The highest BCUT2D eigenvalue weighted by Gasteiger charge is 2.22. The molecule has 0 spiro atoms. The molecular weight excluding hydrogens is 450 g/mol. The number of benzene rings is 1. The van der Waals surface area contributed by atoms with Crippen LogP contribution in [0.5, 0.6) is 0 Å². The fourth-order valence-electron chi connectivity index (χ4n) is 3.22. The molecule has 0 aliphatic carbocycles. The summed E-state index contributed by atoms with van der Waals surface area (Å²) in [4.78, 5) is 0.0680. The minimum Gasteiger partial charge on any atom is -0.327 e. The van der Waals surface area contributed by atoms with Crippen LogP contribution in [0.3, 0.4) is 0 Å². The highest BCUT2D eigenvalue weighted by Crippen LogP contribution is 2.29. The maximum atomic E-state index is 14.0. The van der Waals surface area contributed by atoms with Crippen LogP contribution in [-0.4, -0.2) is 43.1 Å². The molecule has 30 heavy (non-hydrogen) atoms. The summed E-state index contributed by atoms with van der Waals surface area (Å²) in [5.74, 6) is -0.203. The zero-order valence-electron chi connectivity index (χ0n) is 17.8. The molecule has 0 atom stereocenters. The zero-order valence-corrected chi connectivity index (χ0v) is 20.2. The Bertz CT molecular complexity index is 1020. The SMILES string of the molecule is Cc1nn(C/C(F)=C/CN)c(C(C)C)c1Cc1ccc(S(=O)(=O)N(C)C)c(Cl)c1.Cl. The lowest BCUT2D eigenvalue weighted by molar-refractivity contribution is 0.504. The number of aryl methyl sites for hydroxylation is 1. The smallest absolute Gasteiger partial charge is 0.244 e. The van der Waals surface area contributed by atoms with Crippen molar-refractivity contribution in [2.24, 2.45) is 5.73 Å². The predicted molar refractivity (Wildman–Crippen MR) is 122 cm³/mol. The van der Waals surface area contributed by atoms with E-state index in [-0.39, 0.29) is 47.2 Å². The van der Waals surface area contributed by atoms with Crippen molar-refractivity contribution >= 4 is 34.0 Å². The molecular formula is C20H29Cl2FN4O2S. The van der Waals surface area contributed by atoms with E-state index in [0.717, 1.165) is 26.8 Å². The quantitative estimate of drug-likeness (QED) is 0.620. The molecule has 0 unspecified atom stereocenters. The van der Waals surface area contributed by atoms with Gasteiger partial charge in [-0.3, -0.25) is 4.68 Å². The summed E-state index contributed by atoms with van der Waals surface area (Å²) < 4.78 is 41.5.